The van der Waals surface area contributed by atoms with Crippen molar-refractivity contribution >= 4 is 0 Å². The van der Waals surface area contributed by atoms with Crippen LogP contribution >= 0.6 is 0 Å². The molecule has 0 spiro atoms. The average molecular weight is 226 g/mol. The highest BCUT2D eigenvalue weighted by atomic mass is 16.3. The first kappa shape index (κ1) is 12.3. The summed E-state index contributed by atoms with van der Waals surface area (Å²) in [6, 6.07) is 2.09. The van der Waals surface area contributed by atoms with E-state index in [1.54, 1.807) is 0 Å². The molecule has 3 nitrogen and oxygen atoms in total. The third kappa shape index (κ3) is 2.58. The molecule has 4 unspecified atom stereocenters. The van der Waals surface area contributed by atoms with Crippen molar-refractivity contribution in [2.45, 2.75) is 63.8 Å². The molecule has 0 aromatic rings. The van der Waals surface area contributed by atoms with Gasteiger partial charge in [0.2, 0.25) is 0 Å². The van der Waals surface area contributed by atoms with Crippen LogP contribution in [0.1, 0.15) is 39.5 Å². The van der Waals surface area contributed by atoms with Gasteiger partial charge in [-0.05, 0) is 53.1 Å². The Labute approximate surface area is 99.4 Å². The quantitative estimate of drug-likeness (QED) is 0.786. The maximum Gasteiger partial charge on any atom is 0.0526 e. The number of hydrogen-bond acceptors (Lipinski definition) is 3. The zero-order chi connectivity index (χ0) is 11.7. The van der Waals surface area contributed by atoms with Crippen LogP contribution in [-0.4, -0.2) is 59.3 Å². The van der Waals surface area contributed by atoms with E-state index in [9.17, 15) is 5.11 Å². The van der Waals surface area contributed by atoms with E-state index in [1.807, 2.05) is 6.92 Å². The summed E-state index contributed by atoms with van der Waals surface area (Å²) < 4.78 is 0. The molecule has 2 heterocycles. The van der Waals surface area contributed by atoms with Gasteiger partial charge < -0.3 is 5.11 Å². The molecule has 2 rings (SSSR count). The number of aliphatic hydroxyl groups is 1. The molecule has 16 heavy (non-hydrogen) atoms. The number of hydrogen-bond donors (Lipinski definition) is 1. The minimum Gasteiger partial charge on any atom is -0.393 e. The van der Waals surface area contributed by atoms with Crippen LogP contribution in [0.25, 0.3) is 0 Å². The number of likely N-dealkylation sites (tertiary alicyclic amines) is 1. The monoisotopic (exact) mass is 226 g/mol. The van der Waals surface area contributed by atoms with Gasteiger partial charge in [-0.2, -0.15) is 0 Å². The summed E-state index contributed by atoms with van der Waals surface area (Å²) >= 11 is 0. The van der Waals surface area contributed by atoms with Crippen molar-refractivity contribution < 1.29 is 5.11 Å². The van der Waals surface area contributed by atoms with E-state index in [1.165, 1.54) is 32.4 Å². The number of nitrogens with zero attached hydrogens (tertiary/aromatic N) is 2. The van der Waals surface area contributed by atoms with Crippen LogP contribution in [0.3, 0.4) is 0 Å². The topological polar surface area (TPSA) is 26.7 Å². The summed E-state index contributed by atoms with van der Waals surface area (Å²) in [5.74, 6) is 0. The maximum absolute atomic E-state index is 9.47. The van der Waals surface area contributed by atoms with Crippen molar-refractivity contribution in [1.29, 1.82) is 0 Å². The van der Waals surface area contributed by atoms with Crippen LogP contribution in [0.15, 0.2) is 0 Å². The van der Waals surface area contributed by atoms with Crippen molar-refractivity contribution in [3.63, 3.8) is 0 Å². The molecular weight excluding hydrogens is 200 g/mol. The van der Waals surface area contributed by atoms with Gasteiger partial charge >= 0.3 is 0 Å². The van der Waals surface area contributed by atoms with Crippen LogP contribution in [-0.2, 0) is 0 Å². The predicted molar refractivity (Wildman–Crippen MR) is 66.5 cm³/mol. The van der Waals surface area contributed by atoms with Gasteiger partial charge in [-0.1, -0.05) is 0 Å². The SMILES string of the molecule is CC(O)CC(C)N1CCC2CCC(C1)N2C. The molecule has 0 saturated carbocycles. The second-order valence-corrected chi connectivity index (χ2v) is 5.77. The Bertz CT molecular complexity index is 232. The van der Waals surface area contributed by atoms with Crippen LogP contribution in [0, 0.1) is 0 Å². The third-order valence-corrected chi connectivity index (χ3v) is 4.49. The molecule has 2 aliphatic rings. The second-order valence-electron chi connectivity index (χ2n) is 5.77. The van der Waals surface area contributed by atoms with Gasteiger partial charge in [-0.25, -0.2) is 0 Å². The van der Waals surface area contributed by atoms with E-state index < -0.39 is 0 Å². The summed E-state index contributed by atoms with van der Waals surface area (Å²) in [6.45, 7) is 6.55. The lowest BCUT2D eigenvalue weighted by atomic mass is 10.0. The molecule has 2 bridgehead atoms. The zero-order valence-electron chi connectivity index (χ0n) is 10.9. The van der Waals surface area contributed by atoms with E-state index in [2.05, 4.69) is 23.8 Å². The van der Waals surface area contributed by atoms with Crippen LogP contribution in [0.5, 0.6) is 0 Å². The van der Waals surface area contributed by atoms with Gasteiger partial charge in [-0.3, -0.25) is 9.80 Å². The van der Waals surface area contributed by atoms with Crippen molar-refractivity contribution in [2.75, 3.05) is 20.1 Å². The summed E-state index contributed by atoms with van der Waals surface area (Å²) in [7, 11) is 2.28. The van der Waals surface area contributed by atoms with Gasteiger partial charge in [-0.15, -0.1) is 0 Å². The fraction of sp³-hybridized carbons (Fsp3) is 1.00. The Balaban J connectivity index is 1.93. The van der Waals surface area contributed by atoms with Crippen LogP contribution < -0.4 is 0 Å². The van der Waals surface area contributed by atoms with E-state index >= 15 is 0 Å². The Morgan fingerprint density at radius 2 is 1.88 bits per heavy atom. The van der Waals surface area contributed by atoms with Crippen molar-refractivity contribution in [1.82, 2.24) is 9.80 Å². The number of likely N-dealkylation sites (N-methyl/N-ethyl adjacent to an activating group) is 1. The molecule has 4 atom stereocenters. The van der Waals surface area contributed by atoms with Gasteiger partial charge in [0.05, 0.1) is 6.10 Å². The van der Waals surface area contributed by atoms with E-state index in [4.69, 9.17) is 0 Å². The first-order valence-electron chi connectivity index (χ1n) is 6.72. The standard InChI is InChI=1S/C13H26N2O/c1-10(8-11(2)16)15-7-6-12-4-5-13(9-15)14(12)3/h10-13,16H,4-9H2,1-3H3. The molecule has 0 aliphatic carbocycles. The van der Waals surface area contributed by atoms with Crippen molar-refractivity contribution in [3.05, 3.63) is 0 Å². The minimum absolute atomic E-state index is 0.173. The molecule has 2 aliphatic heterocycles. The normalized spacial score (nSPS) is 36.0. The van der Waals surface area contributed by atoms with Gasteiger partial charge in [0.15, 0.2) is 0 Å². The Kier molecular flexibility index (Phi) is 3.88. The molecule has 94 valence electrons. The number of aliphatic hydroxyl groups excluding tert-OH is 1. The molecule has 0 aromatic heterocycles. The molecule has 1 N–H and O–H groups in total. The number of rotatable bonds is 3. The molecule has 0 radical (unpaired) electrons. The Morgan fingerprint density at radius 3 is 2.56 bits per heavy atom. The molecule has 0 amide bonds. The van der Waals surface area contributed by atoms with E-state index in [0.717, 1.165) is 18.5 Å². The fourth-order valence-electron chi connectivity index (χ4n) is 3.38. The number of fused-ring (bicyclic) bond motifs is 2. The third-order valence-electron chi connectivity index (χ3n) is 4.49. The van der Waals surface area contributed by atoms with E-state index in [0.29, 0.717) is 6.04 Å². The largest absolute Gasteiger partial charge is 0.393 e. The lowest BCUT2D eigenvalue weighted by Crippen LogP contribution is -2.41. The fourth-order valence-corrected chi connectivity index (χ4v) is 3.38. The molecule has 2 fully saturated rings. The Morgan fingerprint density at radius 1 is 1.19 bits per heavy atom. The molecular formula is C13H26N2O. The lowest BCUT2D eigenvalue weighted by Gasteiger charge is -2.31. The first-order chi connectivity index (χ1) is 7.58. The molecule has 3 heteroatoms. The smallest absolute Gasteiger partial charge is 0.0526 e. The highest BCUT2D eigenvalue weighted by Gasteiger charge is 2.35. The predicted octanol–water partition coefficient (Wildman–Crippen LogP) is 1.31. The average Bonchev–Trinajstić information content (AvgIpc) is 2.39. The van der Waals surface area contributed by atoms with Gasteiger partial charge in [0.25, 0.3) is 0 Å². The van der Waals surface area contributed by atoms with E-state index in [-0.39, 0.29) is 6.10 Å². The van der Waals surface area contributed by atoms with Gasteiger partial charge in [0.1, 0.15) is 0 Å². The maximum atomic E-state index is 9.47. The summed E-state index contributed by atoms with van der Waals surface area (Å²) in [5, 5.41) is 9.47. The first-order valence-corrected chi connectivity index (χ1v) is 6.72. The highest BCUT2D eigenvalue weighted by Crippen LogP contribution is 2.29. The molecule has 2 saturated heterocycles. The van der Waals surface area contributed by atoms with Crippen molar-refractivity contribution in [2.24, 2.45) is 0 Å². The zero-order valence-corrected chi connectivity index (χ0v) is 10.9. The van der Waals surface area contributed by atoms with Gasteiger partial charge in [0, 0.05) is 24.7 Å². The van der Waals surface area contributed by atoms with Crippen LogP contribution in [0.4, 0.5) is 0 Å². The molecule has 0 aromatic carbocycles. The highest BCUT2D eigenvalue weighted by molar-refractivity contribution is 4.92. The minimum atomic E-state index is -0.173. The summed E-state index contributed by atoms with van der Waals surface area (Å²) in [5.41, 5.74) is 0. The summed E-state index contributed by atoms with van der Waals surface area (Å²) in [6.07, 6.45) is 4.78. The second kappa shape index (κ2) is 5.03. The van der Waals surface area contributed by atoms with Crippen LogP contribution in [0.2, 0.25) is 0 Å². The summed E-state index contributed by atoms with van der Waals surface area (Å²) in [4.78, 5) is 5.15. The lowest BCUT2D eigenvalue weighted by molar-refractivity contribution is 0.112. The Hall–Kier alpha value is -0.120. The van der Waals surface area contributed by atoms with Crippen molar-refractivity contribution in [3.8, 4) is 0 Å².